The van der Waals surface area contributed by atoms with Gasteiger partial charge in [-0.3, -0.25) is 4.99 Å². The predicted molar refractivity (Wildman–Crippen MR) is 132 cm³/mol. The van der Waals surface area contributed by atoms with E-state index in [0.29, 0.717) is 12.3 Å². The van der Waals surface area contributed by atoms with E-state index in [1.807, 2.05) is 24.3 Å². The van der Waals surface area contributed by atoms with Crippen molar-refractivity contribution in [3.05, 3.63) is 52.6 Å². The van der Waals surface area contributed by atoms with Crippen molar-refractivity contribution in [3.63, 3.8) is 0 Å². The van der Waals surface area contributed by atoms with Gasteiger partial charge >= 0.3 is 0 Å². The zero-order valence-electron chi connectivity index (χ0n) is 18.0. The maximum Gasteiger partial charge on any atom is 0.191 e. The van der Waals surface area contributed by atoms with E-state index in [2.05, 4.69) is 21.7 Å². The Hall–Kier alpha value is -2.16. The van der Waals surface area contributed by atoms with E-state index < -0.39 is 0 Å². The minimum absolute atomic E-state index is 0. The fourth-order valence-electron chi connectivity index (χ4n) is 3.84. The van der Waals surface area contributed by atoms with Crippen LogP contribution in [0.15, 0.2) is 35.3 Å². The molecule has 0 aromatic heterocycles. The summed E-state index contributed by atoms with van der Waals surface area (Å²) in [4.78, 5) is 4.31. The number of hydrogen-bond donors (Lipinski definition) is 3. The summed E-state index contributed by atoms with van der Waals surface area (Å²) in [5.74, 6) is 2.54. The van der Waals surface area contributed by atoms with Gasteiger partial charge in [-0.05, 0) is 67.0 Å². The number of phenolic OH excluding ortho intramolecular Hbond substituents is 1. The Labute approximate surface area is 196 Å². The zero-order chi connectivity index (χ0) is 20.6. The van der Waals surface area contributed by atoms with Crippen LogP contribution in [0.1, 0.15) is 35.1 Å². The molecule has 1 aliphatic carbocycles. The molecule has 0 aliphatic heterocycles. The number of hydrogen-bond acceptors (Lipinski definition) is 4. The highest BCUT2D eigenvalue weighted by molar-refractivity contribution is 14.0. The average molecular weight is 525 g/mol. The van der Waals surface area contributed by atoms with Crippen molar-refractivity contribution in [2.75, 3.05) is 27.8 Å². The van der Waals surface area contributed by atoms with E-state index in [1.165, 1.54) is 24.0 Å². The summed E-state index contributed by atoms with van der Waals surface area (Å²) in [6.07, 6.45) is 5.37. The molecule has 0 saturated heterocycles. The molecule has 2 aromatic rings. The van der Waals surface area contributed by atoms with Crippen LogP contribution < -0.4 is 20.1 Å². The molecule has 0 radical (unpaired) electrons. The molecular formula is C23H32IN3O3. The Morgan fingerprint density at radius 1 is 1.03 bits per heavy atom. The molecule has 0 spiro atoms. The maximum atomic E-state index is 10.3. The zero-order valence-corrected chi connectivity index (χ0v) is 20.3. The van der Waals surface area contributed by atoms with Crippen molar-refractivity contribution < 1.29 is 14.6 Å². The third kappa shape index (κ3) is 5.93. The molecule has 0 saturated carbocycles. The molecule has 3 N–H and O–H groups in total. The minimum atomic E-state index is 0. The van der Waals surface area contributed by atoms with Gasteiger partial charge in [-0.15, -0.1) is 24.0 Å². The molecule has 0 fully saturated rings. The molecule has 0 heterocycles. The monoisotopic (exact) mass is 525 g/mol. The molecule has 0 amide bonds. The van der Waals surface area contributed by atoms with Crippen LogP contribution >= 0.6 is 24.0 Å². The molecular weight excluding hydrogens is 493 g/mol. The Morgan fingerprint density at radius 2 is 1.80 bits per heavy atom. The quantitative estimate of drug-likeness (QED) is 0.291. The van der Waals surface area contributed by atoms with Gasteiger partial charge in [0.1, 0.15) is 5.75 Å². The number of nitrogens with one attached hydrogen (secondary N) is 2. The number of aliphatic imine (C=N–C) groups is 1. The van der Waals surface area contributed by atoms with Crippen LogP contribution in [0.4, 0.5) is 0 Å². The fraction of sp³-hybridized carbons (Fsp3) is 0.435. The lowest BCUT2D eigenvalue weighted by atomic mass is 9.88. The predicted octanol–water partition coefficient (Wildman–Crippen LogP) is 3.81. The Kier molecular flexibility index (Phi) is 9.55. The van der Waals surface area contributed by atoms with Gasteiger partial charge in [0, 0.05) is 25.7 Å². The van der Waals surface area contributed by atoms with E-state index in [1.54, 1.807) is 21.3 Å². The van der Waals surface area contributed by atoms with Gasteiger partial charge in [0.15, 0.2) is 17.5 Å². The number of rotatable bonds is 7. The van der Waals surface area contributed by atoms with Gasteiger partial charge < -0.3 is 25.2 Å². The smallest absolute Gasteiger partial charge is 0.191 e. The summed E-state index contributed by atoms with van der Waals surface area (Å²) < 4.78 is 10.6. The number of nitrogens with zero attached hydrogens (tertiary/aromatic N) is 1. The highest BCUT2D eigenvalue weighted by Gasteiger charge is 2.16. The molecule has 7 heteroatoms. The van der Waals surface area contributed by atoms with Crippen LogP contribution in [-0.2, 0) is 25.8 Å². The highest BCUT2D eigenvalue weighted by atomic mass is 127. The number of guanidine groups is 1. The van der Waals surface area contributed by atoms with Crippen LogP contribution in [0, 0.1) is 0 Å². The van der Waals surface area contributed by atoms with Crippen molar-refractivity contribution in [2.45, 2.75) is 38.6 Å². The second-order valence-electron chi connectivity index (χ2n) is 7.20. The second-order valence-corrected chi connectivity index (χ2v) is 7.20. The molecule has 0 bridgehead atoms. The van der Waals surface area contributed by atoms with E-state index in [-0.39, 0.29) is 24.0 Å². The van der Waals surface area contributed by atoms with Gasteiger partial charge in [-0.25, -0.2) is 0 Å². The van der Waals surface area contributed by atoms with E-state index in [4.69, 9.17) is 9.47 Å². The largest absolute Gasteiger partial charge is 0.508 e. The summed E-state index contributed by atoms with van der Waals surface area (Å²) >= 11 is 0. The third-order valence-electron chi connectivity index (χ3n) is 5.44. The van der Waals surface area contributed by atoms with E-state index >= 15 is 0 Å². The summed E-state index contributed by atoms with van der Waals surface area (Å²) in [7, 11) is 5.03. The van der Waals surface area contributed by atoms with Gasteiger partial charge in [-0.1, -0.05) is 12.1 Å². The number of methoxy groups -OCH3 is 2. The first-order chi connectivity index (χ1) is 14.2. The van der Waals surface area contributed by atoms with Gasteiger partial charge in [0.05, 0.1) is 14.2 Å². The topological polar surface area (TPSA) is 75.1 Å². The highest BCUT2D eigenvalue weighted by Crippen LogP contribution is 2.30. The van der Waals surface area contributed by atoms with Crippen molar-refractivity contribution in [2.24, 2.45) is 4.99 Å². The molecule has 2 aromatic carbocycles. The summed E-state index contributed by atoms with van der Waals surface area (Å²) in [6.45, 7) is 1.29. The molecule has 1 aliphatic rings. The molecule has 6 nitrogen and oxygen atoms in total. The summed E-state index contributed by atoms with van der Waals surface area (Å²) in [5, 5.41) is 17.0. The molecule has 30 heavy (non-hydrogen) atoms. The third-order valence-corrected chi connectivity index (χ3v) is 5.44. The van der Waals surface area contributed by atoms with Crippen LogP contribution in [0.25, 0.3) is 0 Å². The van der Waals surface area contributed by atoms with Crippen LogP contribution in [0.2, 0.25) is 0 Å². The van der Waals surface area contributed by atoms with Crippen LogP contribution in [-0.4, -0.2) is 38.9 Å². The van der Waals surface area contributed by atoms with Crippen molar-refractivity contribution in [1.29, 1.82) is 0 Å². The number of fused-ring (bicyclic) bond motifs is 1. The van der Waals surface area contributed by atoms with Gasteiger partial charge in [0.2, 0.25) is 0 Å². The number of aromatic hydroxyl groups is 1. The first-order valence-electron chi connectivity index (χ1n) is 10.1. The lowest BCUT2D eigenvalue weighted by molar-refractivity contribution is 0.354. The molecule has 0 unspecified atom stereocenters. The fourth-order valence-corrected chi connectivity index (χ4v) is 3.84. The van der Waals surface area contributed by atoms with Gasteiger partial charge in [0.25, 0.3) is 0 Å². The normalized spacial score (nSPS) is 13.1. The van der Waals surface area contributed by atoms with Crippen molar-refractivity contribution in [1.82, 2.24) is 10.6 Å². The number of aryl methyl sites for hydroxylation is 1. The SMILES string of the molecule is CN=C(NCCc1ccc(OC)c(OC)c1)NCc1c(O)ccc2c1CCCC2.I. The molecule has 3 rings (SSSR count). The summed E-state index contributed by atoms with van der Waals surface area (Å²) in [5.41, 5.74) is 4.80. The standard InChI is InChI=1S/C23H31N3O3.HI/c1-24-23(25-13-12-16-8-11-21(28-2)22(14-16)29-3)26-15-19-18-7-5-4-6-17(18)9-10-20(19)27;/h8-11,14,27H,4-7,12-13,15H2,1-3H3,(H2,24,25,26);1H. The van der Waals surface area contributed by atoms with Crippen molar-refractivity contribution >= 4 is 29.9 Å². The van der Waals surface area contributed by atoms with E-state index in [0.717, 1.165) is 54.4 Å². The van der Waals surface area contributed by atoms with E-state index in [9.17, 15) is 5.11 Å². The second kappa shape index (κ2) is 11.9. The Morgan fingerprint density at radius 3 is 2.53 bits per heavy atom. The van der Waals surface area contributed by atoms with Crippen LogP contribution in [0.3, 0.4) is 0 Å². The lowest BCUT2D eigenvalue weighted by Crippen LogP contribution is -2.38. The number of benzene rings is 2. The average Bonchev–Trinajstić information content (AvgIpc) is 2.76. The maximum absolute atomic E-state index is 10.3. The number of phenols is 1. The number of halogens is 1. The first kappa shape index (κ1) is 24.1. The minimum Gasteiger partial charge on any atom is -0.508 e. The Balaban J connectivity index is 0.00000320. The molecule has 164 valence electrons. The van der Waals surface area contributed by atoms with Crippen LogP contribution in [0.5, 0.6) is 17.2 Å². The summed E-state index contributed by atoms with van der Waals surface area (Å²) in [6, 6.07) is 9.82. The first-order valence-corrected chi connectivity index (χ1v) is 10.1. The van der Waals surface area contributed by atoms with Gasteiger partial charge in [-0.2, -0.15) is 0 Å². The Bertz CT molecular complexity index is 871. The molecule has 0 atom stereocenters. The van der Waals surface area contributed by atoms with Crippen molar-refractivity contribution in [3.8, 4) is 17.2 Å². The lowest BCUT2D eigenvalue weighted by Gasteiger charge is -2.21. The number of ether oxygens (including phenoxy) is 2.